The minimum Gasteiger partial charge on any atom is -0.324 e. The van der Waals surface area contributed by atoms with Gasteiger partial charge in [0.25, 0.3) is 5.56 Å². The number of benzene rings is 2. The van der Waals surface area contributed by atoms with Crippen LogP contribution >= 0.6 is 0 Å². The molecule has 2 fully saturated rings. The van der Waals surface area contributed by atoms with Gasteiger partial charge in [0.05, 0.1) is 10.3 Å². The fraction of sp³-hybridized carbons (Fsp3) is 0.417. The van der Waals surface area contributed by atoms with Gasteiger partial charge >= 0.3 is 0 Å². The molecule has 34 heavy (non-hydrogen) atoms. The largest absolute Gasteiger partial charge is 0.324 e. The van der Waals surface area contributed by atoms with Gasteiger partial charge in [-0.15, -0.1) is 5.10 Å². The molecule has 5 rings (SSSR count). The van der Waals surface area contributed by atoms with E-state index in [0.29, 0.717) is 28.4 Å². The Morgan fingerprint density at radius 2 is 1.88 bits per heavy atom. The maximum Gasteiger partial charge on any atom is 0.278 e. The number of nitrogens with one attached hydrogen (secondary N) is 2. The first-order valence-electron chi connectivity index (χ1n) is 11.5. The number of nitrogens with zero attached hydrogens (tertiary/aromatic N) is 3. The molecule has 2 aromatic carbocycles. The van der Waals surface area contributed by atoms with Crippen LogP contribution in [0.4, 0.5) is 5.69 Å². The molecule has 0 spiro atoms. The van der Waals surface area contributed by atoms with Crippen molar-refractivity contribution in [2.24, 2.45) is 17.8 Å². The highest BCUT2D eigenvalue weighted by molar-refractivity contribution is 7.89. The van der Waals surface area contributed by atoms with E-state index in [0.717, 1.165) is 17.0 Å². The summed E-state index contributed by atoms with van der Waals surface area (Å²) in [4.78, 5) is 25.1. The second-order valence-electron chi connectivity index (χ2n) is 9.39. The minimum atomic E-state index is -3.66. The summed E-state index contributed by atoms with van der Waals surface area (Å²) in [6.45, 7) is 1.65. The summed E-state index contributed by atoms with van der Waals surface area (Å²) < 4.78 is 29.6. The van der Waals surface area contributed by atoms with Crippen molar-refractivity contribution in [1.82, 2.24) is 19.7 Å². The van der Waals surface area contributed by atoms with E-state index in [2.05, 4.69) is 20.4 Å². The first kappa shape index (κ1) is 22.7. The molecule has 0 saturated heterocycles. The van der Waals surface area contributed by atoms with Crippen molar-refractivity contribution in [2.45, 2.75) is 50.1 Å². The highest BCUT2D eigenvalue weighted by atomic mass is 32.2. The van der Waals surface area contributed by atoms with Crippen LogP contribution in [-0.4, -0.2) is 35.4 Å². The fourth-order valence-corrected chi connectivity index (χ4v) is 6.78. The van der Waals surface area contributed by atoms with Crippen molar-refractivity contribution in [3.05, 3.63) is 58.9 Å². The van der Waals surface area contributed by atoms with Gasteiger partial charge in [0.15, 0.2) is 0 Å². The molecule has 178 valence electrons. The molecule has 10 heteroatoms. The zero-order valence-corrected chi connectivity index (χ0v) is 19.7. The number of aromatic nitrogens is 3. The quantitative estimate of drug-likeness (QED) is 0.535. The van der Waals surface area contributed by atoms with Crippen LogP contribution in [-0.2, 0) is 21.4 Å². The fourth-order valence-electron chi connectivity index (χ4n) is 5.49. The van der Waals surface area contributed by atoms with E-state index in [1.807, 2.05) is 6.92 Å². The van der Waals surface area contributed by atoms with Crippen molar-refractivity contribution in [2.75, 3.05) is 5.32 Å². The van der Waals surface area contributed by atoms with Crippen LogP contribution < -0.4 is 15.6 Å². The monoisotopic (exact) mass is 481 g/mol. The third kappa shape index (κ3) is 4.47. The molecule has 3 aromatic rings. The smallest absolute Gasteiger partial charge is 0.278 e. The Balaban J connectivity index is 1.22. The lowest BCUT2D eigenvalue weighted by Crippen LogP contribution is -2.40. The summed E-state index contributed by atoms with van der Waals surface area (Å²) in [5.74, 6) is 1.31. The predicted octanol–water partition coefficient (Wildman–Crippen LogP) is 2.53. The maximum atomic E-state index is 12.9. The zero-order chi connectivity index (χ0) is 23.9. The van der Waals surface area contributed by atoms with E-state index < -0.39 is 21.5 Å². The number of hydrogen-bond donors (Lipinski definition) is 2. The number of amides is 1. The summed E-state index contributed by atoms with van der Waals surface area (Å²) in [7, 11) is -3.66. The maximum absolute atomic E-state index is 12.9. The standard InChI is InChI=1S/C24H27N5O4S/c1-15(21-13-16-6-7-17(21)12-16)27-34(32,33)19-10-8-18(9-11-19)25-23(30)14-29-24(31)20-4-2-3-5-22(20)26-28-29/h2-5,8-11,15-17,21,27H,6-7,12-14H2,1H3,(H,25,30)/t15-,16+,17+,21+/m1/s1. The third-order valence-electron chi connectivity index (χ3n) is 7.15. The molecule has 4 atom stereocenters. The Bertz CT molecular complexity index is 1390. The molecule has 2 aliphatic carbocycles. The Morgan fingerprint density at radius 3 is 2.59 bits per heavy atom. The minimum absolute atomic E-state index is 0.110. The number of sulfonamides is 1. The van der Waals surface area contributed by atoms with E-state index in [1.165, 1.54) is 43.5 Å². The summed E-state index contributed by atoms with van der Waals surface area (Å²) >= 11 is 0. The van der Waals surface area contributed by atoms with Crippen LogP contribution in [0.15, 0.2) is 58.2 Å². The first-order chi connectivity index (χ1) is 16.3. The summed E-state index contributed by atoms with van der Waals surface area (Å²) in [5.41, 5.74) is 0.481. The Kier molecular flexibility index (Phi) is 5.95. The molecule has 2 aliphatic rings. The van der Waals surface area contributed by atoms with E-state index in [-0.39, 0.29) is 17.5 Å². The second-order valence-corrected chi connectivity index (χ2v) is 11.1. The molecule has 2 saturated carbocycles. The molecule has 2 N–H and O–H groups in total. The summed E-state index contributed by atoms with van der Waals surface area (Å²) in [5, 5.41) is 10.8. The zero-order valence-electron chi connectivity index (χ0n) is 18.8. The van der Waals surface area contributed by atoms with Crippen LogP contribution in [0.5, 0.6) is 0 Å². The Morgan fingerprint density at radius 1 is 1.12 bits per heavy atom. The normalized spacial score (nSPS) is 22.7. The molecule has 1 heterocycles. The average molecular weight is 482 g/mol. The number of anilines is 1. The van der Waals surface area contributed by atoms with E-state index >= 15 is 0 Å². The van der Waals surface area contributed by atoms with Crippen LogP contribution in [0.2, 0.25) is 0 Å². The predicted molar refractivity (Wildman–Crippen MR) is 128 cm³/mol. The molecule has 1 amide bonds. The van der Waals surface area contributed by atoms with Gasteiger partial charge in [-0.2, -0.15) is 0 Å². The topological polar surface area (TPSA) is 123 Å². The van der Waals surface area contributed by atoms with Gasteiger partial charge in [0.1, 0.15) is 12.1 Å². The molecule has 1 aromatic heterocycles. The first-order valence-corrected chi connectivity index (χ1v) is 13.0. The summed E-state index contributed by atoms with van der Waals surface area (Å²) in [6.07, 6.45) is 4.80. The van der Waals surface area contributed by atoms with Crippen LogP contribution in [0.3, 0.4) is 0 Å². The number of carbonyl (C=O) groups excluding carboxylic acids is 1. The van der Waals surface area contributed by atoms with Crippen LogP contribution in [0.1, 0.15) is 32.6 Å². The van der Waals surface area contributed by atoms with E-state index in [1.54, 1.807) is 24.3 Å². The Labute approximate surface area is 197 Å². The molecular weight excluding hydrogens is 454 g/mol. The van der Waals surface area contributed by atoms with Crippen molar-refractivity contribution in [3.8, 4) is 0 Å². The van der Waals surface area contributed by atoms with Crippen molar-refractivity contribution < 1.29 is 13.2 Å². The molecule has 2 bridgehead atoms. The van der Waals surface area contributed by atoms with Gasteiger partial charge < -0.3 is 5.32 Å². The van der Waals surface area contributed by atoms with Gasteiger partial charge in [-0.05, 0) is 80.3 Å². The highest BCUT2D eigenvalue weighted by Crippen LogP contribution is 2.49. The molecule has 0 radical (unpaired) electrons. The number of rotatable bonds is 7. The Hall–Kier alpha value is -3.11. The van der Waals surface area contributed by atoms with Crippen molar-refractivity contribution >= 4 is 32.5 Å². The van der Waals surface area contributed by atoms with Crippen molar-refractivity contribution in [3.63, 3.8) is 0 Å². The molecular formula is C24H27N5O4S. The lowest BCUT2D eigenvalue weighted by Gasteiger charge is -2.28. The van der Waals surface area contributed by atoms with Crippen LogP contribution in [0.25, 0.3) is 10.9 Å². The average Bonchev–Trinajstić information content (AvgIpc) is 3.45. The van der Waals surface area contributed by atoms with Gasteiger partial charge in [0, 0.05) is 11.7 Å². The number of fused-ring (bicyclic) bond motifs is 3. The van der Waals surface area contributed by atoms with Gasteiger partial charge in [0.2, 0.25) is 15.9 Å². The second kappa shape index (κ2) is 8.92. The number of carbonyl (C=O) groups is 1. The van der Waals surface area contributed by atoms with Gasteiger partial charge in [-0.3, -0.25) is 9.59 Å². The van der Waals surface area contributed by atoms with E-state index in [9.17, 15) is 18.0 Å². The highest BCUT2D eigenvalue weighted by Gasteiger charge is 2.42. The van der Waals surface area contributed by atoms with Gasteiger partial charge in [-0.1, -0.05) is 23.8 Å². The van der Waals surface area contributed by atoms with Gasteiger partial charge in [-0.25, -0.2) is 17.8 Å². The SMILES string of the molecule is C[C@@H](NS(=O)(=O)c1ccc(NC(=O)Cn2nnc3ccccc3c2=O)cc1)[C@@H]1C[C@H]2CC[C@H]1C2. The molecule has 0 aliphatic heterocycles. The molecule has 0 unspecified atom stereocenters. The van der Waals surface area contributed by atoms with E-state index in [4.69, 9.17) is 0 Å². The summed E-state index contributed by atoms with van der Waals surface area (Å²) in [6, 6.07) is 12.7. The van der Waals surface area contributed by atoms with Crippen LogP contribution in [0, 0.1) is 17.8 Å². The lowest BCUT2D eigenvalue weighted by atomic mass is 9.84. The molecule has 9 nitrogen and oxygen atoms in total. The number of hydrogen-bond acceptors (Lipinski definition) is 6. The lowest BCUT2D eigenvalue weighted by molar-refractivity contribution is -0.117. The van der Waals surface area contributed by atoms with Crippen molar-refractivity contribution in [1.29, 1.82) is 0 Å². The third-order valence-corrected chi connectivity index (χ3v) is 8.72.